The number of nitrogens with zero attached hydrogens (tertiary/aromatic N) is 3. The van der Waals surface area contributed by atoms with E-state index in [1.807, 2.05) is 6.07 Å². The van der Waals surface area contributed by atoms with E-state index in [2.05, 4.69) is 4.98 Å². The van der Waals surface area contributed by atoms with Crippen molar-refractivity contribution in [3.8, 4) is 6.07 Å². The maximum atomic E-state index is 12.6. The molecular formula is C13H12N4O2S. The third kappa shape index (κ3) is 2.29. The van der Waals surface area contributed by atoms with Gasteiger partial charge in [-0.05, 0) is 18.2 Å². The van der Waals surface area contributed by atoms with Crippen LogP contribution in [0.1, 0.15) is 5.56 Å². The lowest BCUT2D eigenvalue weighted by Crippen LogP contribution is -2.28. The molecule has 0 saturated carbocycles. The number of hydrogen-bond acceptors (Lipinski definition) is 5. The number of nitriles is 1. The Kier molecular flexibility index (Phi) is 3.59. The Morgan fingerprint density at radius 1 is 1.30 bits per heavy atom. The second-order valence-corrected chi connectivity index (χ2v) is 5.95. The first kappa shape index (κ1) is 13.8. The van der Waals surface area contributed by atoms with Crippen LogP contribution in [0.15, 0.2) is 47.6 Å². The van der Waals surface area contributed by atoms with E-state index < -0.39 is 10.0 Å². The SMILES string of the molecule is CN(c1ccncc1N)S(=O)(=O)c1ccccc1C#N. The average molecular weight is 288 g/mol. The van der Waals surface area contributed by atoms with Crippen molar-refractivity contribution in [1.29, 1.82) is 5.26 Å². The van der Waals surface area contributed by atoms with E-state index in [1.165, 1.54) is 37.6 Å². The predicted octanol–water partition coefficient (Wildman–Crippen LogP) is 1.36. The van der Waals surface area contributed by atoms with E-state index in [9.17, 15) is 8.42 Å². The zero-order valence-corrected chi connectivity index (χ0v) is 11.5. The summed E-state index contributed by atoms with van der Waals surface area (Å²) in [6.45, 7) is 0. The maximum Gasteiger partial charge on any atom is 0.265 e. The third-order valence-electron chi connectivity index (χ3n) is 2.81. The molecule has 2 rings (SSSR count). The lowest BCUT2D eigenvalue weighted by atomic mass is 10.2. The number of nitrogen functional groups attached to an aromatic ring is 1. The van der Waals surface area contributed by atoms with Crippen molar-refractivity contribution in [1.82, 2.24) is 4.98 Å². The molecule has 0 radical (unpaired) electrons. The minimum absolute atomic E-state index is 0.0544. The summed E-state index contributed by atoms with van der Waals surface area (Å²) in [7, 11) is -2.47. The first-order chi connectivity index (χ1) is 9.48. The van der Waals surface area contributed by atoms with Crippen LogP contribution < -0.4 is 10.0 Å². The third-order valence-corrected chi connectivity index (χ3v) is 4.64. The number of sulfonamides is 1. The highest BCUT2D eigenvalue weighted by atomic mass is 32.2. The van der Waals surface area contributed by atoms with E-state index in [-0.39, 0.29) is 16.1 Å². The van der Waals surface area contributed by atoms with Crippen LogP contribution in [0.3, 0.4) is 0 Å². The fourth-order valence-electron chi connectivity index (χ4n) is 1.75. The summed E-state index contributed by atoms with van der Waals surface area (Å²) in [6.07, 6.45) is 2.82. The molecule has 6 nitrogen and oxygen atoms in total. The molecular weight excluding hydrogens is 276 g/mol. The van der Waals surface area contributed by atoms with Crippen LogP contribution in [0.5, 0.6) is 0 Å². The number of anilines is 2. The van der Waals surface area contributed by atoms with Gasteiger partial charge in [-0.15, -0.1) is 0 Å². The lowest BCUT2D eigenvalue weighted by molar-refractivity contribution is 0.594. The Balaban J connectivity index is 2.57. The fraction of sp³-hybridized carbons (Fsp3) is 0.0769. The van der Waals surface area contributed by atoms with Crippen molar-refractivity contribution in [2.24, 2.45) is 0 Å². The Morgan fingerprint density at radius 3 is 2.65 bits per heavy atom. The molecule has 2 N–H and O–H groups in total. The second kappa shape index (κ2) is 5.19. The number of hydrogen-bond donors (Lipinski definition) is 1. The van der Waals surface area contributed by atoms with Gasteiger partial charge < -0.3 is 5.73 Å². The van der Waals surface area contributed by atoms with Crippen LogP contribution in [0.4, 0.5) is 11.4 Å². The minimum Gasteiger partial charge on any atom is -0.396 e. The highest BCUT2D eigenvalue weighted by Crippen LogP contribution is 2.27. The zero-order valence-electron chi connectivity index (χ0n) is 10.7. The quantitative estimate of drug-likeness (QED) is 0.919. The van der Waals surface area contributed by atoms with Gasteiger partial charge in [-0.1, -0.05) is 12.1 Å². The number of benzene rings is 1. The van der Waals surface area contributed by atoms with Gasteiger partial charge in [0.15, 0.2) is 0 Å². The van der Waals surface area contributed by atoms with E-state index in [1.54, 1.807) is 12.1 Å². The van der Waals surface area contributed by atoms with Crippen LogP contribution in [0.2, 0.25) is 0 Å². The summed E-state index contributed by atoms with van der Waals surface area (Å²) in [5, 5.41) is 9.02. The van der Waals surface area contributed by atoms with Gasteiger partial charge in [-0.25, -0.2) is 8.42 Å². The van der Waals surface area contributed by atoms with Gasteiger partial charge in [0.1, 0.15) is 11.0 Å². The summed E-state index contributed by atoms with van der Waals surface area (Å²) >= 11 is 0. The predicted molar refractivity (Wildman–Crippen MR) is 75.4 cm³/mol. The summed E-state index contributed by atoms with van der Waals surface area (Å²) in [6, 6.07) is 9.40. The molecule has 0 spiro atoms. The molecule has 1 heterocycles. The molecule has 0 aliphatic heterocycles. The van der Waals surface area contributed by atoms with Gasteiger partial charge in [0.25, 0.3) is 10.0 Å². The topological polar surface area (TPSA) is 100 Å². The largest absolute Gasteiger partial charge is 0.396 e. The standard InChI is InChI=1S/C13H12N4O2S/c1-17(12-6-7-16-9-11(12)15)20(18,19)13-5-3-2-4-10(13)8-14/h2-7,9H,15H2,1H3. The molecule has 102 valence electrons. The molecule has 7 heteroatoms. The summed E-state index contributed by atoms with van der Waals surface area (Å²) < 4.78 is 26.2. The zero-order chi connectivity index (χ0) is 14.8. The molecule has 0 amide bonds. The van der Waals surface area contributed by atoms with E-state index in [4.69, 9.17) is 11.0 Å². The van der Waals surface area contributed by atoms with Gasteiger partial charge in [0.05, 0.1) is 23.1 Å². The molecule has 1 aromatic carbocycles. The molecule has 0 aliphatic rings. The van der Waals surface area contributed by atoms with Crippen molar-refractivity contribution >= 4 is 21.4 Å². The van der Waals surface area contributed by atoms with Gasteiger partial charge in [0, 0.05) is 13.2 Å². The molecule has 0 saturated heterocycles. The Hall–Kier alpha value is -2.59. The fourth-order valence-corrected chi connectivity index (χ4v) is 3.11. The summed E-state index contributed by atoms with van der Waals surface area (Å²) in [5.74, 6) is 0. The highest BCUT2D eigenvalue weighted by molar-refractivity contribution is 7.92. The van der Waals surface area contributed by atoms with Crippen molar-refractivity contribution < 1.29 is 8.42 Å². The van der Waals surface area contributed by atoms with E-state index in [0.29, 0.717) is 5.69 Å². The Bertz CT molecular complexity index is 781. The van der Waals surface area contributed by atoms with Gasteiger partial charge in [0.2, 0.25) is 0 Å². The molecule has 20 heavy (non-hydrogen) atoms. The molecule has 2 aromatic rings. The highest BCUT2D eigenvalue weighted by Gasteiger charge is 2.25. The van der Waals surface area contributed by atoms with Crippen LogP contribution in [0, 0.1) is 11.3 Å². The van der Waals surface area contributed by atoms with Crippen molar-refractivity contribution in [3.63, 3.8) is 0 Å². The Labute approximate surface area is 117 Å². The van der Waals surface area contributed by atoms with E-state index in [0.717, 1.165) is 4.31 Å². The van der Waals surface area contributed by atoms with Gasteiger partial charge >= 0.3 is 0 Å². The van der Waals surface area contributed by atoms with Gasteiger partial charge in [-0.2, -0.15) is 5.26 Å². The van der Waals surface area contributed by atoms with Crippen molar-refractivity contribution in [3.05, 3.63) is 48.3 Å². The molecule has 0 unspecified atom stereocenters. The van der Waals surface area contributed by atoms with Crippen molar-refractivity contribution in [2.75, 3.05) is 17.1 Å². The molecule has 0 aliphatic carbocycles. The number of nitrogens with two attached hydrogens (primary N) is 1. The first-order valence-corrected chi connectivity index (χ1v) is 7.10. The van der Waals surface area contributed by atoms with E-state index >= 15 is 0 Å². The monoisotopic (exact) mass is 288 g/mol. The van der Waals surface area contributed by atoms with Crippen LogP contribution >= 0.6 is 0 Å². The smallest absolute Gasteiger partial charge is 0.265 e. The maximum absolute atomic E-state index is 12.6. The minimum atomic E-state index is -3.85. The van der Waals surface area contributed by atoms with Crippen LogP contribution in [0.25, 0.3) is 0 Å². The molecule has 0 fully saturated rings. The average Bonchev–Trinajstić information content (AvgIpc) is 2.47. The lowest BCUT2D eigenvalue weighted by Gasteiger charge is -2.21. The number of pyridine rings is 1. The summed E-state index contributed by atoms with van der Waals surface area (Å²) in [4.78, 5) is 3.76. The molecule has 1 aromatic heterocycles. The number of aromatic nitrogens is 1. The molecule has 0 bridgehead atoms. The normalized spacial score (nSPS) is 10.8. The first-order valence-electron chi connectivity index (χ1n) is 5.66. The second-order valence-electron chi connectivity index (χ2n) is 4.01. The summed E-state index contributed by atoms with van der Waals surface area (Å²) in [5.41, 5.74) is 6.38. The van der Waals surface area contributed by atoms with Crippen LogP contribution in [-0.2, 0) is 10.0 Å². The Morgan fingerprint density at radius 2 is 2.00 bits per heavy atom. The number of rotatable bonds is 3. The van der Waals surface area contributed by atoms with Crippen molar-refractivity contribution in [2.45, 2.75) is 4.90 Å². The van der Waals surface area contributed by atoms with Crippen LogP contribution in [-0.4, -0.2) is 20.4 Å². The van der Waals surface area contributed by atoms with Gasteiger partial charge in [-0.3, -0.25) is 9.29 Å². The molecule has 0 atom stereocenters.